The maximum absolute atomic E-state index is 13.1. The molecule has 0 saturated carbocycles. The molecule has 22 heavy (non-hydrogen) atoms. The number of hydrogen-bond donors (Lipinski definition) is 1. The van der Waals surface area contributed by atoms with E-state index in [1.807, 2.05) is 11.0 Å². The smallest absolute Gasteiger partial charge is 0.227 e. The number of aryl methyl sites for hydroxylation is 1. The summed E-state index contributed by atoms with van der Waals surface area (Å²) in [6.45, 7) is 2.18. The Morgan fingerprint density at radius 1 is 1.32 bits per heavy atom. The van der Waals surface area contributed by atoms with E-state index in [1.165, 1.54) is 12.1 Å². The van der Waals surface area contributed by atoms with E-state index in [1.54, 1.807) is 25.1 Å². The molecule has 0 spiro atoms. The van der Waals surface area contributed by atoms with Crippen molar-refractivity contribution in [2.24, 2.45) is 0 Å². The van der Waals surface area contributed by atoms with Gasteiger partial charge >= 0.3 is 0 Å². The van der Waals surface area contributed by atoms with Crippen LogP contribution >= 0.6 is 0 Å². The van der Waals surface area contributed by atoms with Crippen LogP contribution < -0.4 is 4.90 Å². The zero-order valence-electron chi connectivity index (χ0n) is 12.1. The third-order valence-electron chi connectivity index (χ3n) is 3.75. The van der Waals surface area contributed by atoms with Gasteiger partial charge in [-0.25, -0.2) is 14.4 Å². The fourth-order valence-electron chi connectivity index (χ4n) is 2.77. The number of hydrogen-bond acceptors (Lipinski definition) is 5. The lowest BCUT2D eigenvalue weighted by Crippen LogP contribution is -2.26. The summed E-state index contributed by atoms with van der Waals surface area (Å²) in [5.74, 6) is 0.120. The van der Waals surface area contributed by atoms with Crippen LogP contribution in [-0.4, -0.2) is 27.7 Å². The summed E-state index contributed by atoms with van der Waals surface area (Å²) >= 11 is 0. The second-order valence-corrected chi connectivity index (χ2v) is 5.42. The van der Waals surface area contributed by atoms with Gasteiger partial charge in [0.05, 0.1) is 12.1 Å². The number of aliphatic hydroxyl groups excluding tert-OH is 1. The minimum absolute atomic E-state index is 0.135. The van der Waals surface area contributed by atoms with Crippen LogP contribution in [0.1, 0.15) is 29.4 Å². The Morgan fingerprint density at radius 2 is 2.05 bits per heavy atom. The van der Waals surface area contributed by atoms with Gasteiger partial charge < -0.3 is 10.0 Å². The second kappa shape index (κ2) is 5.70. The van der Waals surface area contributed by atoms with E-state index in [-0.39, 0.29) is 11.9 Å². The van der Waals surface area contributed by atoms with Gasteiger partial charge in [0.1, 0.15) is 17.6 Å². The van der Waals surface area contributed by atoms with Crippen LogP contribution in [0, 0.1) is 24.1 Å². The number of anilines is 1. The molecule has 1 aromatic carbocycles. The summed E-state index contributed by atoms with van der Waals surface area (Å²) in [4.78, 5) is 10.5. The van der Waals surface area contributed by atoms with Crippen molar-refractivity contribution in [2.75, 3.05) is 11.4 Å². The Kier molecular flexibility index (Phi) is 3.73. The van der Waals surface area contributed by atoms with Crippen LogP contribution in [0.2, 0.25) is 0 Å². The maximum Gasteiger partial charge on any atom is 0.227 e. The minimum atomic E-state index is -0.510. The van der Waals surface area contributed by atoms with Gasteiger partial charge in [-0.1, -0.05) is 12.1 Å². The monoisotopic (exact) mass is 298 g/mol. The normalized spacial score (nSPS) is 20.9. The van der Waals surface area contributed by atoms with Gasteiger partial charge in [0.15, 0.2) is 0 Å². The van der Waals surface area contributed by atoms with Crippen molar-refractivity contribution in [3.8, 4) is 6.07 Å². The zero-order valence-corrected chi connectivity index (χ0v) is 12.1. The summed E-state index contributed by atoms with van der Waals surface area (Å²) in [7, 11) is 0. The number of aliphatic hydroxyl groups is 1. The molecule has 6 heteroatoms. The molecule has 1 fully saturated rings. The average molecular weight is 298 g/mol. The Balaban J connectivity index is 1.99. The molecule has 0 unspecified atom stereocenters. The van der Waals surface area contributed by atoms with Crippen molar-refractivity contribution >= 4 is 5.95 Å². The van der Waals surface area contributed by atoms with E-state index in [0.29, 0.717) is 30.3 Å². The molecular formula is C16H15FN4O. The van der Waals surface area contributed by atoms with E-state index in [9.17, 15) is 9.50 Å². The maximum atomic E-state index is 13.1. The standard InChI is InChI=1S/C16H15FN4O/c1-10-6-13(8-18)20-16(19-10)21-9-14(22)7-15(21)11-2-4-12(17)5-3-11/h2-6,14-15,22H,7,9H2,1H3/t14-,15+/m1/s1. The van der Waals surface area contributed by atoms with Crippen LogP contribution in [0.4, 0.5) is 10.3 Å². The van der Waals surface area contributed by atoms with E-state index in [0.717, 1.165) is 5.56 Å². The quantitative estimate of drug-likeness (QED) is 0.919. The molecule has 0 bridgehead atoms. The lowest BCUT2D eigenvalue weighted by atomic mass is 10.0. The number of halogens is 1. The molecule has 0 radical (unpaired) electrons. The number of benzene rings is 1. The van der Waals surface area contributed by atoms with Gasteiger partial charge in [-0.05, 0) is 37.1 Å². The fraction of sp³-hybridized carbons (Fsp3) is 0.312. The SMILES string of the molecule is Cc1cc(C#N)nc(N2C[C@H](O)C[C@H]2c2ccc(F)cc2)n1. The molecule has 1 aliphatic rings. The fourth-order valence-corrected chi connectivity index (χ4v) is 2.77. The number of nitrogens with zero attached hydrogens (tertiary/aromatic N) is 4. The summed E-state index contributed by atoms with van der Waals surface area (Å²) in [6, 6.07) is 9.69. The molecule has 5 nitrogen and oxygen atoms in total. The summed E-state index contributed by atoms with van der Waals surface area (Å²) in [5.41, 5.74) is 1.88. The highest BCUT2D eigenvalue weighted by Gasteiger charge is 2.34. The van der Waals surface area contributed by atoms with Crippen molar-refractivity contribution < 1.29 is 9.50 Å². The van der Waals surface area contributed by atoms with Crippen LogP contribution in [0.25, 0.3) is 0 Å². The van der Waals surface area contributed by atoms with Gasteiger partial charge in [0.2, 0.25) is 5.95 Å². The molecule has 112 valence electrons. The largest absolute Gasteiger partial charge is 0.391 e. The predicted octanol–water partition coefficient (Wildman–Crippen LogP) is 2.11. The van der Waals surface area contributed by atoms with Crippen LogP contribution in [0.5, 0.6) is 0 Å². The van der Waals surface area contributed by atoms with E-state index in [4.69, 9.17) is 5.26 Å². The first-order valence-electron chi connectivity index (χ1n) is 7.03. The molecule has 3 rings (SSSR count). The van der Waals surface area contributed by atoms with E-state index < -0.39 is 6.10 Å². The Hall–Kier alpha value is -2.52. The molecule has 1 aromatic heterocycles. The summed E-state index contributed by atoms with van der Waals surface area (Å²) < 4.78 is 13.1. The number of rotatable bonds is 2. The molecule has 0 amide bonds. The highest BCUT2D eigenvalue weighted by Crippen LogP contribution is 2.34. The zero-order chi connectivity index (χ0) is 15.7. The average Bonchev–Trinajstić information content (AvgIpc) is 2.89. The summed E-state index contributed by atoms with van der Waals surface area (Å²) in [5, 5.41) is 19.1. The Labute approximate surface area is 127 Å². The van der Waals surface area contributed by atoms with Gasteiger partial charge in [-0.2, -0.15) is 5.26 Å². The highest BCUT2D eigenvalue weighted by molar-refractivity contribution is 5.42. The van der Waals surface area contributed by atoms with Crippen molar-refractivity contribution in [3.05, 3.63) is 53.1 Å². The van der Waals surface area contributed by atoms with Gasteiger partial charge in [0.25, 0.3) is 0 Å². The third kappa shape index (κ3) is 2.76. The number of nitriles is 1. The second-order valence-electron chi connectivity index (χ2n) is 5.42. The van der Waals surface area contributed by atoms with Crippen molar-refractivity contribution in [1.29, 1.82) is 5.26 Å². The topological polar surface area (TPSA) is 73.0 Å². The van der Waals surface area contributed by atoms with Gasteiger partial charge in [0, 0.05) is 12.2 Å². The summed E-state index contributed by atoms with van der Waals surface area (Å²) in [6.07, 6.45) is 0.00914. The molecule has 1 saturated heterocycles. The van der Waals surface area contributed by atoms with Crippen molar-refractivity contribution in [1.82, 2.24) is 9.97 Å². The lowest BCUT2D eigenvalue weighted by Gasteiger charge is -2.25. The number of β-amino-alcohol motifs (C(OH)–C–C–N with tert-alkyl or cyclic N) is 1. The minimum Gasteiger partial charge on any atom is -0.391 e. The lowest BCUT2D eigenvalue weighted by molar-refractivity contribution is 0.194. The Bertz CT molecular complexity index is 726. The van der Waals surface area contributed by atoms with Crippen LogP contribution in [0.3, 0.4) is 0 Å². The molecule has 2 aromatic rings. The molecule has 1 N–H and O–H groups in total. The molecule has 2 heterocycles. The van der Waals surface area contributed by atoms with Crippen molar-refractivity contribution in [3.63, 3.8) is 0 Å². The first kappa shape index (κ1) is 14.4. The predicted molar refractivity (Wildman–Crippen MR) is 78.6 cm³/mol. The van der Waals surface area contributed by atoms with E-state index in [2.05, 4.69) is 9.97 Å². The molecular weight excluding hydrogens is 283 g/mol. The third-order valence-corrected chi connectivity index (χ3v) is 3.75. The molecule has 0 aliphatic carbocycles. The molecule has 1 aliphatic heterocycles. The Morgan fingerprint density at radius 3 is 2.73 bits per heavy atom. The van der Waals surface area contributed by atoms with Gasteiger partial charge in [-0.3, -0.25) is 0 Å². The first-order chi connectivity index (χ1) is 10.6. The first-order valence-corrected chi connectivity index (χ1v) is 7.03. The van der Waals surface area contributed by atoms with Crippen LogP contribution in [-0.2, 0) is 0 Å². The number of aromatic nitrogens is 2. The highest BCUT2D eigenvalue weighted by atomic mass is 19.1. The van der Waals surface area contributed by atoms with Crippen molar-refractivity contribution in [2.45, 2.75) is 25.5 Å². The van der Waals surface area contributed by atoms with Gasteiger partial charge in [-0.15, -0.1) is 0 Å². The van der Waals surface area contributed by atoms with E-state index >= 15 is 0 Å². The van der Waals surface area contributed by atoms with Crippen LogP contribution in [0.15, 0.2) is 30.3 Å². The molecule has 2 atom stereocenters.